The third-order valence-corrected chi connectivity index (χ3v) is 4.95. The number of ether oxygens (including phenoxy) is 1. The van der Waals surface area contributed by atoms with E-state index in [-0.39, 0.29) is 11.9 Å². The van der Waals surface area contributed by atoms with Crippen LogP contribution in [0, 0.1) is 5.41 Å². The Kier molecular flexibility index (Phi) is 5.50. The Bertz CT molecular complexity index is 688. The summed E-state index contributed by atoms with van der Waals surface area (Å²) in [5.41, 5.74) is 1.60. The van der Waals surface area contributed by atoms with Gasteiger partial charge in [0.15, 0.2) is 0 Å². The zero-order valence-corrected chi connectivity index (χ0v) is 14.9. The molecule has 1 saturated heterocycles. The first-order valence-electron chi connectivity index (χ1n) is 8.75. The summed E-state index contributed by atoms with van der Waals surface area (Å²) >= 11 is 0. The first-order valence-corrected chi connectivity index (χ1v) is 8.75. The van der Waals surface area contributed by atoms with Gasteiger partial charge in [-0.25, -0.2) is 4.68 Å². The molecule has 2 N–H and O–H groups in total. The van der Waals surface area contributed by atoms with Gasteiger partial charge in [-0.1, -0.05) is 12.1 Å². The summed E-state index contributed by atoms with van der Waals surface area (Å²) in [6.45, 7) is 4.17. The Balaban J connectivity index is 1.74. The van der Waals surface area contributed by atoms with E-state index in [0.717, 1.165) is 37.2 Å². The second-order valence-corrected chi connectivity index (χ2v) is 6.70. The average molecular weight is 342 g/mol. The lowest BCUT2D eigenvalue weighted by molar-refractivity contribution is -0.136. The first-order chi connectivity index (χ1) is 12.1. The van der Waals surface area contributed by atoms with Gasteiger partial charge < -0.3 is 15.4 Å². The van der Waals surface area contributed by atoms with Crippen molar-refractivity contribution in [1.29, 1.82) is 0 Å². The van der Waals surface area contributed by atoms with Crippen LogP contribution in [0.1, 0.15) is 31.4 Å². The number of carbonyl (C=O) groups excluding carboxylic acids is 1. The molecule has 1 fully saturated rings. The molecule has 3 rings (SSSR count). The van der Waals surface area contributed by atoms with Gasteiger partial charge in [0, 0.05) is 19.5 Å². The number of amides is 1. The van der Waals surface area contributed by atoms with Crippen LogP contribution in [-0.2, 0) is 9.53 Å². The predicted octanol–water partition coefficient (Wildman–Crippen LogP) is 2.07. The number of nitrogens with one attached hydrogen (secondary N) is 2. The van der Waals surface area contributed by atoms with Gasteiger partial charge in [-0.3, -0.25) is 4.79 Å². The molecule has 0 radical (unpaired) electrons. The van der Waals surface area contributed by atoms with Gasteiger partial charge in [0.05, 0.1) is 23.8 Å². The highest BCUT2D eigenvalue weighted by atomic mass is 16.5. The van der Waals surface area contributed by atoms with Crippen LogP contribution in [0.25, 0.3) is 5.69 Å². The predicted molar refractivity (Wildman–Crippen MR) is 96.5 cm³/mol. The van der Waals surface area contributed by atoms with Crippen molar-refractivity contribution in [1.82, 2.24) is 20.4 Å². The molecule has 2 heterocycles. The molecule has 134 valence electrons. The molecule has 25 heavy (non-hydrogen) atoms. The summed E-state index contributed by atoms with van der Waals surface area (Å²) < 4.78 is 7.18. The van der Waals surface area contributed by atoms with Crippen molar-refractivity contribution in [3.63, 3.8) is 0 Å². The van der Waals surface area contributed by atoms with Gasteiger partial charge >= 0.3 is 0 Å². The Morgan fingerprint density at radius 2 is 2.20 bits per heavy atom. The molecule has 0 spiro atoms. The molecule has 6 heteroatoms. The van der Waals surface area contributed by atoms with Crippen molar-refractivity contribution < 1.29 is 9.53 Å². The molecule has 1 aliphatic rings. The number of methoxy groups -OCH3 is 1. The third kappa shape index (κ3) is 3.91. The van der Waals surface area contributed by atoms with Gasteiger partial charge in [-0.15, -0.1) is 0 Å². The van der Waals surface area contributed by atoms with Gasteiger partial charge in [0.2, 0.25) is 5.91 Å². The molecule has 1 amide bonds. The molecule has 1 aliphatic heterocycles. The van der Waals surface area contributed by atoms with Crippen molar-refractivity contribution in [2.24, 2.45) is 5.41 Å². The van der Waals surface area contributed by atoms with Crippen LogP contribution in [0.15, 0.2) is 42.7 Å². The minimum absolute atomic E-state index is 0.0767. The molecule has 0 saturated carbocycles. The van der Waals surface area contributed by atoms with Crippen LogP contribution in [0.5, 0.6) is 0 Å². The van der Waals surface area contributed by atoms with Gasteiger partial charge in [0.1, 0.15) is 0 Å². The quantitative estimate of drug-likeness (QED) is 0.843. The number of nitrogens with zero attached hydrogens (tertiary/aromatic N) is 2. The molecule has 1 aromatic carbocycles. The minimum atomic E-state index is -0.437. The van der Waals surface area contributed by atoms with Crippen molar-refractivity contribution in [3.8, 4) is 5.69 Å². The monoisotopic (exact) mass is 342 g/mol. The summed E-state index contributed by atoms with van der Waals surface area (Å²) in [7, 11) is 1.66. The molecular weight excluding hydrogens is 316 g/mol. The highest BCUT2D eigenvalue weighted by Gasteiger charge is 2.40. The maximum Gasteiger partial charge on any atom is 0.229 e. The van der Waals surface area contributed by atoms with Crippen LogP contribution in [0.2, 0.25) is 0 Å². The molecule has 6 nitrogen and oxygen atoms in total. The summed E-state index contributed by atoms with van der Waals surface area (Å²) in [6, 6.07) is 9.90. The largest absolute Gasteiger partial charge is 0.384 e. The van der Waals surface area contributed by atoms with Crippen LogP contribution >= 0.6 is 0 Å². The Hall–Kier alpha value is -2.18. The van der Waals surface area contributed by atoms with Crippen molar-refractivity contribution in [2.75, 3.05) is 26.8 Å². The zero-order valence-electron chi connectivity index (χ0n) is 14.9. The highest BCUT2D eigenvalue weighted by molar-refractivity contribution is 5.83. The van der Waals surface area contributed by atoms with E-state index in [0.29, 0.717) is 6.61 Å². The highest BCUT2D eigenvalue weighted by Crippen LogP contribution is 2.30. The van der Waals surface area contributed by atoms with E-state index in [4.69, 9.17) is 4.74 Å². The number of benzene rings is 1. The first kappa shape index (κ1) is 17.6. The normalized spacial score (nSPS) is 17.8. The smallest absolute Gasteiger partial charge is 0.229 e. The van der Waals surface area contributed by atoms with Crippen LogP contribution < -0.4 is 10.6 Å². The van der Waals surface area contributed by atoms with Gasteiger partial charge in [0.25, 0.3) is 0 Å². The topological polar surface area (TPSA) is 68.2 Å². The number of carbonyl (C=O) groups is 1. The van der Waals surface area contributed by atoms with Gasteiger partial charge in [-0.05, 0) is 56.6 Å². The maximum atomic E-state index is 13.0. The SMILES string of the molecule is COCC1(C(=O)NC(C)c2cccc(-n3cccn3)c2)CCNCC1. The molecule has 0 aliphatic carbocycles. The van der Waals surface area contributed by atoms with Crippen molar-refractivity contribution >= 4 is 5.91 Å². The molecule has 1 atom stereocenters. The van der Waals surface area contributed by atoms with Crippen LogP contribution in [0.4, 0.5) is 0 Å². The molecule has 1 aromatic heterocycles. The lowest BCUT2D eigenvalue weighted by atomic mass is 9.78. The Labute approximate surface area is 148 Å². The fourth-order valence-electron chi connectivity index (χ4n) is 3.41. The lowest BCUT2D eigenvalue weighted by Gasteiger charge is -2.36. The average Bonchev–Trinajstić information content (AvgIpc) is 3.17. The third-order valence-electron chi connectivity index (χ3n) is 4.95. The second-order valence-electron chi connectivity index (χ2n) is 6.70. The van der Waals surface area contributed by atoms with Gasteiger partial charge in [-0.2, -0.15) is 5.10 Å². The Morgan fingerprint density at radius 3 is 2.88 bits per heavy atom. The van der Waals surface area contributed by atoms with Crippen LogP contribution in [-0.4, -0.2) is 42.5 Å². The number of rotatable bonds is 6. The standard InChI is InChI=1S/C19H26N4O2/c1-15(16-5-3-6-17(13-16)23-12-4-9-21-23)22-18(24)19(14-25-2)7-10-20-11-8-19/h3-6,9,12-13,15,20H,7-8,10-11,14H2,1-2H3,(H,22,24). The number of hydrogen-bond donors (Lipinski definition) is 2. The van der Waals surface area contributed by atoms with E-state index in [2.05, 4.69) is 21.8 Å². The van der Waals surface area contributed by atoms with E-state index in [1.165, 1.54) is 0 Å². The minimum Gasteiger partial charge on any atom is -0.384 e. The van der Waals surface area contributed by atoms with E-state index < -0.39 is 5.41 Å². The number of piperidine rings is 1. The summed E-state index contributed by atoms with van der Waals surface area (Å²) in [6.07, 6.45) is 5.26. The second kappa shape index (κ2) is 7.80. The summed E-state index contributed by atoms with van der Waals surface area (Å²) in [4.78, 5) is 13.0. The van der Waals surface area contributed by atoms with E-state index in [1.807, 2.05) is 42.1 Å². The van der Waals surface area contributed by atoms with E-state index in [9.17, 15) is 4.79 Å². The summed E-state index contributed by atoms with van der Waals surface area (Å²) in [5, 5.41) is 10.8. The zero-order chi connectivity index (χ0) is 17.7. The van der Waals surface area contributed by atoms with E-state index in [1.54, 1.807) is 13.3 Å². The molecule has 2 aromatic rings. The summed E-state index contributed by atoms with van der Waals surface area (Å²) in [5.74, 6) is 0.0767. The van der Waals surface area contributed by atoms with Crippen LogP contribution in [0.3, 0.4) is 0 Å². The van der Waals surface area contributed by atoms with Crippen molar-refractivity contribution in [3.05, 3.63) is 48.3 Å². The molecule has 0 bridgehead atoms. The Morgan fingerprint density at radius 1 is 1.40 bits per heavy atom. The molecule has 1 unspecified atom stereocenters. The lowest BCUT2D eigenvalue weighted by Crippen LogP contribution is -2.50. The maximum absolute atomic E-state index is 13.0. The van der Waals surface area contributed by atoms with Crippen molar-refractivity contribution in [2.45, 2.75) is 25.8 Å². The fourth-order valence-corrected chi connectivity index (χ4v) is 3.41. The molecular formula is C19H26N4O2. The van der Waals surface area contributed by atoms with E-state index >= 15 is 0 Å². The fraction of sp³-hybridized carbons (Fsp3) is 0.474. The number of hydrogen-bond acceptors (Lipinski definition) is 4. The number of aromatic nitrogens is 2.